The minimum atomic E-state index is -0.593. The zero-order valence-electron chi connectivity index (χ0n) is 22.8. The molecule has 1 atom stereocenters. The number of carbonyl (C=O) groups excluding carboxylic acids is 1. The molecule has 1 amide bonds. The first-order valence-corrected chi connectivity index (χ1v) is 14.8. The lowest BCUT2D eigenvalue weighted by molar-refractivity contribution is 0.0144. The van der Waals surface area contributed by atoms with Gasteiger partial charge in [-0.15, -0.1) is 0 Å². The zero-order chi connectivity index (χ0) is 27.7. The van der Waals surface area contributed by atoms with Crippen LogP contribution in [0.15, 0.2) is 41.6 Å². The van der Waals surface area contributed by atoms with Crippen molar-refractivity contribution in [3.8, 4) is 6.07 Å². The number of hydrogen-bond acceptors (Lipinski definition) is 8. The molecule has 39 heavy (non-hydrogen) atoms. The monoisotopic (exact) mass is 564 g/mol. The summed E-state index contributed by atoms with van der Waals surface area (Å²) in [4.78, 5) is 29.0. The Bertz CT molecular complexity index is 1430. The largest absolute Gasteiger partial charge is 0.444 e. The predicted octanol–water partition coefficient (Wildman–Crippen LogP) is 5.91. The number of piperazine rings is 1. The molecule has 0 spiro atoms. The van der Waals surface area contributed by atoms with Gasteiger partial charge in [0.25, 0.3) is 0 Å². The maximum atomic E-state index is 12.9. The van der Waals surface area contributed by atoms with Crippen LogP contribution in [-0.4, -0.2) is 65.0 Å². The number of nitriles is 1. The maximum absolute atomic E-state index is 12.9. The van der Waals surface area contributed by atoms with Crippen LogP contribution in [0.2, 0.25) is 5.02 Å². The van der Waals surface area contributed by atoms with Gasteiger partial charge in [0.05, 0.1) is 35.8 Å². The summed E-state index contributed by atoms with van der Waals surface area (Å²) in [6, 6.07) is 14.3. The van der Waals surface area contributed by atoms with Crippen LogP contribution >= 0.6 is 23.4 Å². The third-order valence-corrected chi connectivity index (χ3v) is 7.98. The van der Waals surface area contributed by atoms with Crippen LogP contribution in [0.5, 0.6) is 0 Å². The first-order valence-electron chi connectivity index (χ1n) is 13.2. The van der Waals surface area contributed by atoms with E-state index >= 15 is 0 Å². The Morgan fingerprint density at radius 1 is 1.15 bits per heavy atom. The van der Waals surface area contributed by atoms with Crippen molar-refractivity contribution in [3.63, 3.8) is 0 Å². The fraction of sp³-hybridized carbons (Fsp3) is 0.448. The second-order valence-corrected chi connectivity index (χ2v) is 12.1. The smallest absolute Gasteiger partial charge is 0.410 e. The van der Waals surface area contributed by atoms with Crippen LogP contribution in [-0.2, 0) is 17.7 Å². The lowest BCUT2D eigenvalue weighted by atomic mass is 10.0. The third kappa shape index (κ3) is 5.73. The highest BCUT2D eigenvalue weighted by Crippen LogP contribution is 2.37. The van der Waals surface area contributed by atoms with Crippen LogP contribution in [0.1, 0.15) is 38.4 Å². The van der Waals surface area contributed by atoms with E-state index in [9.17, 15) is 10.1 Å². The summed E-state index contributed by atoms with van der Waals surface area (Å²) in [6.45, 7) is 8.63. The van der Waals surface area contributed by atoms with E-state index in [1.54, 1.807) is 4.90 Å². The molecule has 2 aliphatic heterocycles. The number of halogens is 1. The van der Waals surface area contributed by atoms with Gasteiger partial charge in [-0.25, -0.2) is 14.8 Å². The third-order valence-electron chi connectivity index (χ3n) is 7.12. The highest BCUT2D eigenvalue weighted by molar-refractivity contribution is 7.98. The van der Waals surface area contributed by atoms with Crippen LogP contribution in [0.3, 0.4) is 0 Å². The second-order valence-electron chi connectivity index (χ2n) is 10.9. The number of carbonyl (C=O) groups is 1. The van der Waals surface area contributed by atoms with Gasteiger partial charge in [0.2, 0.25) is 0 Å². The summed E-state index contributed by atoms with van der Waals surface area (Å²) >= 11 is 8.16. The van der Waals surface area contributed by atoms with E-state index in [1.807, 2.05) is 39.2 Å². The Kier molecular flexibility index (Phi) is 7.79. The van der Waals surface area contributed by atoms with Gasteiger partial charge < -0.3 is 19.4 Å². The molecule has 0 unspecified atom stereocenters. The molecular formula is C29H33ClN6O2S. The summed E-state index contributed by atoms with van der Waals surface area (Å²) in [5.41, 5.74) is 2.66. The molecule has 0 N–H and O–H groups in total. The molecule has 0 aliphatic carbocycles. The van der Waals surface area contributed by atoms with E-state index in [0.717, 1.165) is 51.5 Å². The molecule has 0 radical (unpaired) electrons. The first kappa shape index (κ1) is 27.4. The normalized spacial score (nSPS) is 17.6. The molecule has 10 heteroatoms. The molecule has 204 valence electrons. The molecule has 8 nitrogen and oxygen atoms in total. The highest BCUT2D eigenvalue weighted by atomic mass is 35.5. The number of ether oxygens (including phenoxy) is 1. The number of aromatic nitrogens is 2. The molecule has 0 bridgehead atoms. The fourth-order valence-electron chi connectivity index (χ4n) is 5.38. The predicted molar refractivity (Wildman–Crippen MR) is 157 cm³/mol. The van der Waals surface area contributed by atoms with Crippen molar-refractivity contribution in [2.75, 3.05) is 42.2 Å². The van der Waals surface area contributed by atoms with Crippen molar-refractivity contribution in [1.29, 1.82) is 5.26 Å². The van der Waals surface area contributed by atoms with Crippen molar-refractivity contribution in [2.24, 2.45) is 0 Å². The summed E-state index contributed by atoms with van der Waals surface area (Å²) in [5, 5.41) is 13.2. The number of anilines is 2. The number of nitrogens with zero attached hydrogens (tertiary/aromatic N) is 6. The summed E-state index contributed by atoms with van der Waals surface area (Å²) in [5.74, 6) is 0.909. The van der Waals surface area contributed by atoms with Crippen molar-refractivity contribution in [3.05, 3.63) is 52.7 Å². The number of benzene rings is 2. The average Bonchev–Trinajstić information content (AvgIpc) is 2.91. The van der Waals surface area contributed by atoms with Crippen molar-refractivity contribution >= 4 is 51.7 Å². The highest BCUT2D eigenvalue weighted by Gasteiger charge is 2.35. The lowest BCUT2D eigenvalue weighted by Gasteiger charge is -2.42. The average molecular weight is 565 g/mol. The van der Waals surface area contributed by atoms with Gasteiger partial charge >= 0.3 is 6.09 Å². The summed E-state index contributed by atoms with van der Waals surface area (Å²) in [6.07, 6.45) is 2.63. The van der Waals surface area contributed by atoms with E-state index in [1.165, 1.54) is 11.8 Å². The minimum absolute atomic E-state index is 0.230. The van der Waals surface area contributed by atoms with Crippen LogP contribution in [0, 0.1) is 11.3 Å². The number of thioether (sulfide) groups is 1. The van der Waals surface area contributed by atoms with E-state index in [2.05, 4.69) is 40.1 Å². The van der Waals surface area contributed by atoms with Gasteiger partial charge in [0.1, 0.15) is 11.4 Å². The molecular weight excluding hydrogens is 532 g/mol. The van der Waals surface area contributed by atoms with E-state index in [4.69, 9.17) is 26.3 Å². The molecule has 3 aromatic rings. The molecule has 1 aromatic heterocycles. The topological polar surface area (TPSA) is 85.6 Å². The SMILES string of the molecule is CSc1nc2c(c(N3CCN(C(=O)OC(C)(C)C)[C@@H](CC#N)C3)n1)CCN(c1cccc3cccc(Cl)c13)C2. The minimum Gasteiger partial charge on any atom is -0.444 e. The Morgan fingerprint density at radius 3 is 2.64 bits per heavy atom. The molecule has 2 aromatic carbocycles. The van der Waals surface area contributed by atoms with Gasteiger partial charge in [-0.1, -0.05) is 47.6 Å². The molecule has 5 rings (SSSR count). The molecule has 3 heterocycles. The van der Waals surface area contributed by atoms with E-state index in [0.29, 0.717) is 31.3 Å². The fourth-order valence-corrected chi connectivity index (χ4v) is 6.03. The van der Waals surface area contributed by atoms with Crippen molar-refractivity contribution in [1.82, 2.24) is 14.9 Å². The number of fused-ring (bicyclic) bond motifs is 2. The van der Waals surface area contributed by atoms with Crippen LogP contribution < -0.4 is 9.80 Å². The molecule has 0 saturated carbocycles. The van der Waals surface area contributed by atoms with Crippen molar-refractivity contribution in [2.45, 2.75) is 57.0 Å². The second kappa shape index (κ2) is 11.1. The van der Waals surface area contributed by atoms with E-state index in [-0.39, 0.29) is 18.6 Å². The molecule has 1 saturated heterocycles. The van der Waals surface area contributed by atoms with Crippen LogP contribution in [0.4, 0.5) is 16.3 Å². The van der Waals surface area contributed by atoms with Gasteiger partial charge in [0.15, 0.2) is 5.16 Å². The van der Waals surface area contributed by atoms with Gasteiger partial charge in [-0.05, 0) is 51.0 Å². The molecule has 1 fully saturated rings. The van der Waals surface area contributed by atoms with Gasteiger partial charge in [0, 0.05) is 42.8 Å². The Morgan fingerprint density at radius 2 is 1.92 bits per heavy atom. The number of amides is 1. The maximum Gasteiger partial charge on any atom is 0.410 e. The summed E-state index contributed by atoms with van der Waals surface area (Å²) in [7, 11) is 0. The van der Waals surface area contributed by atoms with E-state index < -0.39 is 5.60 Å². The quantitative estimate of drug-likeness (QED) is 0.286. The number of rotatable bonds is 4. The Hall–Kier alpha value is -3.22. The number of hydrogen-bond donors (Lipinski definition) is 0. The van der Waals surface area contributed by atoms with Gasteiger partial charge in [-0.2, -0.15) is 5.26 Å². The Balaban J connectivity index is 1.44. The standard InChI is InChI=1S/C29H33ClN6O2S/c1-29(2,3)38-28(37)36-16-15-35(17-20(36)11-13-31)26-21-12-14-34(18-23(21)32-27(33-26)39-4)24-10-6-8-19-7-5-9-22(30)25(19)24/h5-10,20H,11-12,14-18H2,1-4H3/t20-/m0/s1. The van der Waals surface area contributed by atoms with Gasteiger partial charge in [-0.3, -0.25) is 0 Å². The molecule has 2 aliphatic rings. The Labute approximate surface area is 238 Å². The summed E-state index contributed by atoms with van der Waals surface area (Å²) < 4.78 is 5.63. The van der Waals surface area contributed by atoms with Crippen molar-refractivity contribution < 1.29 is 9.53 Å². The first-order chi connectivity index (χ1) is 18.7. The zero-order valence-corrected chi connectivity index (χ0v) is 24.3. The lowest BCUT2D eigenvalue weighted by Crippen LogP contribution is -2.56. The van der Waals surface area contributed by atoms with Crippen LogP contribution in [0.25, 0.3) is 10.8 Å².